The van der Waals surface area contributed by atoms with Crippen molar-refractivity contribution in [1.29, 1.82) is 0 Å². The predicted octanol–water partition coefficient (Wildman–Crippen LogP) is 1.83. The molecule has 0 bridgehead atoms. The third kappa shape index (κ3) is 1.16. The van der Waals surface area contributed by atoms with Gasteiger partial charge in [0.2, 0.25) is 0 Å². The first-order valence-corrected chi connectivity index (χ1v) is 4.02. The van der Waals surface area contributed by atoms with Crippen LogP contribution in [0.3, 0.4) is 0 Å². The Morgan fingerprint density at radius 1 is 1.27 bits per heavy atom. The minimum atomic E-state index is -0.213. The molecule has 0 aliphatic rings. The molecule has 1 heterocycles. The first kappa shape index (κ1) is 6.86. The lowest BCUT2D eigenvalue weighted by molar-refractivity contribution is 0.630. The number of thiophene rings is 1. The largest absolute Gasteiger partial charge is 0.207 e. The maximum absolute atomic E-state index is 12.6. The van der Waals surface area contributed by atoms with Crippen molar-refractivity contribution in [3.63, 3.8) is 0 Å². The highest BCUT2D eigenvalue weighted by Crippen LogP contribution is 2.18. The molecule has 0 nitrogen and oxygen atoms in total. The van der Waals surface area contributed by atoms with E-state index >= 15 is 0 Å². The number of benzene rings is 1. The zero-order valence-electron chi connectivity index (χ0n) is 5.67. The summed E-state index contributed by atoms with van der Waals surface area (Å²) in [6, 6.07) is 6.45. The fourth-order valence-corrected chi connectivity index (χ4v) is 1.85. The molecule has 1 aromatic carbocycles. The molecule has 0 fully saturated rings. The molecule has 0 saturated heterocycles. The molecule has 0 saturated carbocycles. The van der Waals surface area contributed by atoms with Crippen LogP contribution in [0.2, 0.25) is 0 Å². The normalized spacial score (nSPS) is 10.6. The lowest BCUT2D eigenvalue weighted by Gasteiger charge is -1.86. The van der Waals surface area contributed by atoms with Gasteiger partial charge in [-0.2, -0.15) is 11.3 Å². The summed E-state index contributed by atoms with van der Waals surface area (Å²) in [7, 11) is 5.54. The number of rotatable bonds is 0. The first-order valence-electron chi connectivity index (χ1n) is 3.20. The summed E-state index contributed by atoms with van der Waals surface area (Å²) in [4.78, 5) is 0. The standard InChI is InChI=1S/C8H4BFS/c9-8-4-5-3-6(10)1-2-7(5)11-8/h1-4H. The Morgan fingerprint density at radius 3 is 2.91 bits per heavy atom. The molecule has 0 aliphatic carbocycles. The van der Waals surface area contributed by atoms with Gasteiger partial charge in [-0.25, -0.2) is 4.39 Å². The molecule has 0 amide bonds. The van der Waals surface area contributed by atoms with Crippen LogP contribution in [0.5, 0.6) is 0 Å². The van der Waals surface area contributed by atoms with E-state index < -0.39 is 0 Å². The van der Waals surface area contributed by atoms with Crippen LogP contribution in [0, 0.1) is 5.82 Å². The molecule has 52 valence electrons. The highest BCUT2D eigenvalue weighted by molar-refractivity contribution is 7.26. The lowest BCUT2D eigenvalue weighted by Crippen LogP contribution is -1.88. The van der Waals surface area contributed by atoms with Crippen molar-refractivity contribution < 1.29 is 4.39 Å². The molecule has 2 radical (unpaired) electrons. The van der Waals surface area contributed by atoms with E-state index in [0.29, 0.717) is 0 Å². The molecule has 0 aliphatic heterocycles. The minimum absolute atomic E-state index is 0.213. The number of hydrogen-bond donors (Lipinski definition) is 0. The van der Waals surface area contributed by atoms with Crippen molar-refractivity contribution in [3.8, 4) is 0 Å². The maximum Gasteiger partial charge on any atom is 0.128 e. The Labute approximate surface area is 69.1 Å². The Bertz CT molecular complexity index is 394. The minimum Gasteiger partial charge on any atom is -0.207 e. The van der Waals surface area contributed by atoms with Crippen LogP contribution < -0.4 is 4.78 Å². The SMILES string of the molecule is [B]c1cc2cc(F)ccc2s1. The molecule has 1 aromatic heterocycles. The van der Waals surface area contributed by atoms with E-state index in [1.54, 1.807) is 12.1 Å². The highest BCUT2D eigenvalue weighted by Gasteiger charge is 1.97. The zero-order chi connectivity index (χ0) is 7.84. The summed E-state index contributed by atoms with van der Waals surface area (Å²) >= 11 is 1.47. The van der Waals surface area contributed by atoms with E-state index in [2.05, 4.69) is 0 Å². The lowest BCUT2D eigenvalue weighted by atomic mass is 10.1. The fraction of sp³-hybridized carbons (Fsp3) is 0. The molecule has 3 heteroatoms. The second-order valence-electron chi connectivity index (χ2n) is 2.33. The smallest absolute Gasteiger partial charge is 0.128 e. The molecular weight excluding hydrogens is 158 g/mol. The molecule has 0 unspecified atom stereocenters. The third-order valence-corrected chi connectivity index (χ3v) is 2.44. The summed E-state index contributed by atoms with van der Waals surface area (Å²) < 4.78 is 14.4. The topological polar surface area (TPSA) is 0 Å². The molecule has 2 rings (SSSR count). The molecule has 0 atom stereocenters. The van der Waals surface area contributed by atoms with Crippen molar-refractivity contribution in [2.45, 2.75) is 0 Å². The van der Waals surface area contributed by atoms with Crippen LogP contribution in [-0.4, -0.2) is 7.85 Å². The van der Waals surface area contributed by atoms with Crippen molar-refractivity contribution >= 4 is 34.0 Å². The first-order chi connectivity index (χ1) is 5.25. The van der Waals surface area contributed by atoms with Crippen molar-refractivity contribution in [2.75, 3.05) is 0 Å². The van der Waals surface area contributed by atoms with Crippen molar-refractivity contribution in [2.24, 2.45) is 0 Å². The average molecular weight is 162 g/mol. The van der Waals surface area contributed by atoms with Crippen molar-refractivity contribution in [3.05, 3.63) is 30.1 Å². The van der Waals surface area contributed by atoms with E-state index in [-0.39, 0.29) is 5.82 Å². The second-order valence-corrected chi connectivity index (χ2v) is 3.45. The van der Waals surface area contributed by atoms with Gasteiger partial charge >= 0.3 is 0 Å². The van der Waals surface area contributed by atoms with Gasteiger partial charge in [-0.3, -0.25) is 0 Å². The van der Waals surface area contributed by atoms with Gasteiger partial charge in [-0.15, -0.1) is 0 Å². The van der Waals surface area contributed by atoms with Gasteiger partial charge in [-0.1, -0.05) is 6.07 Å². The summed E-state index contributed by atoms with van der Waals surface area (Å²) in [5.74, 6) is -0.213. The number of hydrogen-bond acceptors (Lipinski definition) is 1. The van der Waals surface area contributed by atoms with Crippen LogP contribution in [-0.2, 0) is 0 Å². The highest BCUT2D eigenvalue weighted by atomic mass is 32.1. The molecule has 0 spiro atoms. The predicted molar refractivity (Wildman–Crippen MR) is 47.2 cm³/mol. The summed E-state index contributed by atoms with van der Waals surface area (Å²) in [5, 5.41) is 0.882. The van der Waals surface area contributed by atoms with Gasteiger partial charge in [-0.05, 0) is 28.4 Å². The third-order valence-electron chi connectivity index (χ3n) is 1.50. The zero-order valence-corrected chi connectivity index (χ0v) is 6.49. The number of fused-ring (bicyclic) bond motifs is 1. The molecule has 0 N–H and O–H groups in total. The van der Waals surface area contributed by atoms with Crippen LogP contribution in [0.15, 0.2) is 24.3 Å². The average Bonchev–Trinajstić information content (AvgIpc) is 2.27. The van der Waals surface area contributed by atoms with Gasteiger partial charge in [0, 0.05) is 4.70 Å². The Morgan fingerprint density at radius 2 is 2.09 bits per heavy atom. The van der Waals surface area contributed by atoms with E-state index in [9.17, 15) is 4.39 Å². The Balaban J connectivity index is 2.82. The van der Waals surface area contributed by atoms with Crippen LogP contribution in [0.25, 0.3) is 10.1 Å². The van der Waals surface area contributed by atoms with Gasteiger partial charge in [0.15, 0.2) is 0 Å². The summed E-state index contributed by atoms with van der Waals surface area (Å²) in [6.45, 7) is 0. The van der Waals surface area contributed by atoms with Gasteiger partial charge in [0.25, 0.3) is 0 Å². The molecular formula is C8H4BFS. The monoisotopic (exact) mass is 162 g/mol. The van der Waals surface area contributed by atoms with Gasteiger partial charge in [0.05, 0.1) is 0 Å². The summed E-state index contributed by atoms with van der Waals surface area (Å²) in [6.07, 6.45) is 0. The van der Waals surface area contributed by atoms with Crippen LogP contribution >= 0.6 is 11.3 Å². The van der Waals surface area contributed by atoms with E-state index in [1.165, 1.54) is 23.5 Å². The number of halogens is 1. The van der Waals surface area contributed by atoms with Gasteiger partial charge < -0.3 is 0 Å². The fourth-order valence-electron chi connectivity index (χ4n) is 1.03. The summed E-state index contributed by atoms with van der Waals surface area (Å²) in [5.41, 5.74) is 0. The Kier molecular flexibility index (Phi) is 1.46. The van der Waals surface area contributed by atoms with Crippen molar-refractivity contribution in [1.82, 2.24) is 0 Å². The molecule has 11 heavy (non-hydrogen) atoms. The van der Waals surface area contributed by atoms with E-state index in [0.717, 1.165) is 14.9 Å². The Hall–Kier alpha value is -0.825. The quantitative estimate of drug-likeness (QED) is 0.518. The van der Waals surface area contributed by atoms with Crippen LogP contribution in [0.1, 0.15) is 0 Å². The molecule has 2 aromatic rings. The maximum atomic E-state index is 12.6. The van der Waals surface area contributed by atoms with E-state index in [4.69, 9.17) is 7.85 Å². The second kappa shape index (κ2) is 2.34. The van der Waals surface area contributed by atoms with Crippen LogP contribution in [0.4, 0.5) is 4.39 Å². The van der Waals surface area contributed by atoms with E-state index in [1.807, 2.05) is 0 Å². The van der Waals surface area contributed by atoms with Gasteiger partial charge in [0.1, 0.15) is 13.7 Å².